The number of rotatable bonds is 1. The van der Waals surface area contributed by atoms with Crippen LogP contribution in [0.2, 0.25) is 0 Å². The molecular formula is C24H32N2O. The lowest BCUT2D eigenvalue weighted by Crippen LogP contribution is -2.49. The molecule has 0 bridgehead atoms. The molecule has 1 aromatic heterocycles. The largest absolute Gasteiger partial charge is 0.397 e. The van der Waals surface area contributed by atoms with Crippen molar-refractivity contribution in [2.45, 2.75) is 64.9 Å². The molecule has 2 saturated carbocycles. The van der Waals surface area contributed by atoms with Gasteiger partial charge in [0.05, 0.1) is 11.8 Å². The maximum absolute atomic E-state index is 10.2. The minimum atomic E-state index is -0.120. The highest BCUT2D eigenvalue weighted by atomic mass is 16.3. The Labute approximate surface area is 162 Å². The topological polar surface area (TPSA) is 59.1 Å². The van der Waals surface area contributed by atoms with E-state index in [-0.39, 0.29) is 11.5 Å². The molecule has 6 atom stereocenters. The van der Waals surface area contributed by atoms with E-state index in [9.17, 15) is 5.11 Å². The summed E-state index contributed by atoms with van der Waals surface area (Å²) < 4.78 is 0. The number of hydrogen-bond acceptors (Lipinski definition) is 3. The summed E-state index contributed by atoms with van der Waals surface area (Å²) >= 11 is 0. The summed E-state index contributed by atoms with van der Waals surface area (Å²) in [5.74, 6) is 2.25. The molecule has 0 spiro atoms. The third-order valence-electron chi connectivity index (χ3n) is 8.73. The number of allylic oxidation sites excluding steroid dienone is 3. The number of anilines is 1. The fourth-order valence-electron chi connectivity index (χ4n) is 7.26. The monoisotopic (exact) mass is 364 g/mol. The van der Waals surface area contributed by atoms with Crippen molar-refractivity contribution < 1.29 is 5.11 Å². The molecular weight excluding hydrogens is 332 g/mol. The summed E-state index contributed by atoms with van der Waals surface area (Å²) in [7, 11) is 0. The fraction of sp³-hybridized carbons (Fsp3) is 0.625. The van der Waals surface area contributed by atoms with Gasteiger partial charge in [0.25, 0.3) is 0 Å². The number of aliphatic hydroxyl groups is 1. The molecule has 4 aliphatic carbocycles. The van der Waals surface area contributed by atoms with Gasteiger partial charge in [-0.2, -0.15) is 0 Å². The second-order valence-electron chi connectivity index (χ2n) is 9.97. The predicted molar refractivity (Wildman–Crippen MR) is 110 cm³/mol. The second kappa shape index (κ2) is 5.94. The van der Waals surface area contributed by atoms with Gasteiger partial charge in [-0.05, 0) is 90.7 Å². The van der Waals surface area contributed by atoms with Crippen LogP contribution in [0, 0.1) is 28.6 Å². The highest BCUT2D eigenvalue weighted by Gasteiger charge is 2.56. The summed E-state index contributed by atoms with van der Waals surface area (Å²) in [6.45, 7) is 4.98. The standard InChI is InChI=1S/C24H32N2O/c1-23-9-7-18(27)12-16(23)3-4-19-21-6-5-20(15-11-17(25)14-26-13-15)24(21,2)10-8-22(19)23/h3,5,11,13-14,18-19,21-22,27H,4,6-10,12,25H2,1-2H3/t18-,19-,21-,22-,23-,24+/m0/s1. The zero-order valence-electron chi connectivity index (χ0n) is 16.6. The van der Waals surface area contributed by atoms with E-state index < -0.39 is 0 Å². The van der Waals surface area contributed by atoms with E-state index in [1.54, 1.807) is 11.8 Å². The fourth-order valence-corrected chi connectivity index (χ4v) is 7.26. The Morgan fingerprint density at radius 1 is 1.04 bits per heavy atom. The van der Waals surface area contributed by atoms with Gasteiger partial charge in [-0.25, -0.2) is 0 Å². The van der Waals surface area contributed by atoms with E-state index in [1.165, 1.54) is 36.8 Å². The summed E-state index contributed by atoms with van der Waals surface area (Å²) in [5.41, 5.74) is 11.6. The highest BCUT2D eigenvalue weighted by Crippen LogP contribution is 2.66. The second-order valence-corrected chi connectivity index (χ2v) is 9.97. The van der Waals surface area contributed by atoms with Crippen molar-refractivity contribution >= 4 is 11.3 Å². The molecule has 27 heavy (non-hydrogen) atoms. The lowest BCUT2D eigenvalue weighted by molar-refractivity contribution is -0.0238. The first-order chi connectivity index (χ1) is 12.9. The first-order valence-corrected chi connectivity index (χ1v) is 10.7. The Balaban J connectivity index is 1.48. The quantitative estimate of drug-likeness (QED) is 0.691. The molecule has 0 aliphatic heterocycles. The van der Waals surface area contributed by atoms with Crippen molar-refractivity contribution in [3.8, 4) is 0 Å². The molecule has 0 unspecified atom stereocenters. The molecule has 1 heterocycles. The number of hydrogen-bond donors (Lipinski definition) is 2. The van der Waals surface area contributed by atoms with E-state index in [2.05, 4.69) is 37.0 Å². The van der Waals surface area contributed by atoms with Crippen molar-refractivity contribution in [3.05, 3.63) is 41.7 Å². The third kappa shape index (κ3) is 2.47. The molecule has 1 aromatic rings. The zero-order valence-corrected chi connectivity index (χ0v) is 16.6. The number of pyridine rings is 1. The summed E-state index contributed by atoms with van der Waals surface area (Å²) in [6.07, 6.45) is 16.6. The molecule has 144 valence electrons. The molecule has 3 N–H and O–H groups in total. The Kier molecular flexibility index (Phi) is 3.85. The average Bonchev–Trinajstić information content (AvgIpc) is 2.99. The molecule has 0 saturated heterocycles. The molecule has 3 nitrogen and oxygen atoms in total. The minimum Gasteiger partial charge on any atom is -0.397 e. The van der Waals surface area contributed by atoms with Crippen LogP contribution in [0.1, 0.15) is 64.4 Å². The minimum absolute atomic E-state index is 0.120. The van der Waals surface area contributed by atoms with Crippen molar-refractivity contribution in [2.24, 2.45) is 28.6 Å². The molecule has 4 aliphatic rings. The number of nitrogens with zero attached hydrogens (tertiary/aromatic N) is 1. The Morgan fingerprint density at radius 3 is 2.67 bits per heavy atom. The van der Waals surface area contributed by atoms with Gasteiger partial charge in [0, 0.05) is 12.4 Å². The molecule has 3 heteroatoms. The maximum atomic E-state index is 10.2. The molecule has 2 fully saturated rings. The highest BCUT2D eigenvalue weighted by molar-refractivity contribution is 5.74. The van der Waals surface area contributed by atoms with E-state index in [4.69, 9.17) is 5.73 Å². The number of aromatic nitrogens is 1. The lowest BCUT2D eigenvalue weighted by atomic mass is 9.47. The molecule has 0 aromatic carbocycles. The van der Waals surface area contributed by atoms with Crippen LogP contribution in [-0.4, -0.2) is 16.2 Å². The lowest BCUT2D eigenvalue weighted by Gasteiger charge is -2.57. The van der Waals surface area contributed by atoms with Crippen LogP contribution in [0.25, 0.3) is 5.57 Å². The third-order valence-corrected chi connectivity index (χ3v) is 8.73. The van der Waals surface area contributed by atoms with Crippen LogP contribution in [0.5, 0.6) is 0 Å². The maximum Gasteiger partial charge on any atom is 0.0577 e. The van der Waals surface area contributed by atoms with Crippen LogP contribution >= 0.6 is 0 Å². The predicted octanol–water partition coefficient (Wildman–Crippen LogP) is 4.98. The smallest absolute Gasteiger partial charge is 0.0577 e. The van der Waals surface area contributed by atoms with Crippen LogP contribution in [0.3, 0.4) is 0 Å². The normalized spacial score (nSPS) is 43.2. The van der Waals surface area contributed by atoms with Gasteiger partial charge in [0.15, 0.2) is 0 Å². The van der Waals surface area contributed by atoms with Gasteiger partial charge >= 0.3 is 0 Å². The molecule has 0 radical (unpaired) electrons. The van der Waals surface area contributed by atoms with Crippen LogP contribution in [-0.2, 0) is 0 Å². The van der Waals surface area contributed by atoms with Crippen LogP contribution in [0.15, 0.2) is 36.2 Å². The van der Waals surface area contributed by atoms with E-state index >= 15 is 0 Å². The summed E-state index contributed by atoms with van der Waals surface area (Å²) in [4.78, 5) is 4.35. The SMILES string of the molecule is C[C@]12CC[C@H](O)CC1=CC[C@@H]1[C@@H]2CC[C@]2(C)C(c3cncc(N)c3)=CC[C@@H]12. The molecule has 0 amide bonds. The zero-order chi connectivity index (χ0) is 18.8. The average molecular weight is 365 g/mol. The van der Waals surface area contributed by atoms with Crippen molar-refractivity contribution in [2.75, 3.05) is 5.73 Å². The Bertz CT molecular complexity index is 827. The summed E-state index contributed by atoms with van der Waals surface area (Å²) in [5, 5.41) is 10.2. The molecule has 5 rings (SSSR count). The Hall–Kier alpha value is -1.61. The van der Waals surface area contributed by atoms with Crippen molar-refractivity contribution in [1.29, 1.82) is 0 Å². The van der Waals surface area contributed by atoms with Gasteiger partial charge in [-0.15, -0.1) is 0 Å². The van der Waals surface area contributed by atoms with E-state index in [0.29, 0.717) is 11.3 Å². The Morgan fingerprint density at radius 2 is 1.85 bits per heavy atom. The van der Waals surface area contributed by atoms with Crippen LogP contribution in [0.4, 0.5) is 5.69 Å². The van der Waals surface area contributed by atoms with Crippen molar-refractivity contribution in [3.63, 3.8) is 0 Å². The first kappa shape index (κ1) is 17.5. The van der Waals surface area contributed by atoms with Gasteiger partial charge in [0.1, 0.15) is 0 Å². The van der Waals surface area contributed by atoms with Gasteiger partial charge in [-0.1, -0.05) is 31.6 Å². The first-order valence-electron chi connectivity index (χ1n) is 10.7. The van der Waals surface area contributed by atoms with E-state index in [0.717, 1.165) is 36.8 Å². The van der Waals surface area contributed by atoms with E-state index in [1.807, 2.05) is 6.20 Å². The number of aliphatic hydroxyl groups excluding tert-OH is 1. The van der Waals surface area contributed by atoms with Gasteiger partial charge in [0.2, 0.25) is 0 Å². The van der Waals surface area contributed by atoms with Gasteiger partial charge < -0.3 is 10.8 Å². The van der Waals surface area contributed by atoms with Crippen LogP contribution < -0.4 is 5.73 Å². The number of nitrogens with two attached hydrogens (primary N) is 1. The summed E-state index contributed by atoms with van der Waals surface area (Å²) in [6, 6.07) is 2.10. The van der Waals surface area contributed by atoms with Gasteiger partial charge in [-0.3, -0.25) is 4.98 Å². The number of fused-ring (bicyclic) bond motifs is 5. The number of nitrogen functional groups attached to an aromatic ring is 1. The van der Waals surface area contributed by atoms with Crippen molar-refractivity contribution in [1.82, 2.24) is 4.98 Å².